The molecule has 0 aliphatic heterocycles. The number of hydrogen-bond acceptors (Lipinski definition) is 5. The number of hydrogen-bond donors (Lipinski definition) is 1. The van der Waals surface area contributed by atoms with E-state index in [-0.39, 0.29) is 5.82 Å². The zero-order valence-corrected chi connectivity index (χ0v) is 11.0. The topological polar surface area (TPSA) is 50.3 Å². The van der Waals surface area contributed by atoms with Crippen molar-refractivity contribution in [2.45, 2.75) is 0 Å². The third-order valence-corrected chi connectivity index (χ3v) is 2.46. The van der Waals surface area contributed by atoms with Gasteiger partial charge in [-0.2, -0.15) is 9.97 Å². The molecule has 6 heteroatoms. The summed E-state index contributed by atoms with van der Waals surface area (Å²) in [6.45, 7) is 0. The van der Waals surface area contributed by atoms with E-state index in [2.05, 4.69) is 15.3 Å². The molecule has 0 saturated carbocycles. The predicted octanol–water partition coefficient (Wildman–Crippen LogP) is 2.43. The Bertz CT molecular complexity index is 557. The van der Waals surface area contributed by atoms with Crippen molar-refractivity contribution in [3.05, 3.63) is 36.1 Å². The second-order valence-corrected chi connectivity index (χ2v) is 4.12. The van der Waals surface area contributed by atoms with Crippen molar-refractivity contribution in [3.63, 3.8) is 0 Å². The van der Waals surface area contributed by atoms with Crippen LogP contribution < -0.4 is 15.0 Å². The Labute approximate surface area is 111 Å². The fraction of sp³-hybridized carbons (Fsp3) is 0.231. The second kappa shape index (κ2) is 5.51. The van der Waals surface area contributed by atoms with Gasteiger partial charge in [-0.15, -0.1) is 0 Å². The van der Waals surface area contributed by atoms with Gasteiger partial charge in [0.1, 0.15) is 11.6 Å². The van der Waals surface area contributed by atoms with Gasteiger partial charge in [-0.3, -0.25) is 0 Å². The fourth-order valence-electron chi connectivity index (χ4n) is 1.46. The van der Waals surface area contributed by atoms with Crippen LogP contribution in [0.15, 0.2) is 30.3 Å². The Kier molecular flexibility index (Phi) is 3.79. The fourth-order valence-corrected chi connectivity index (χ4v) is 1.46. The highest BCUT2D eigenvalue weighted by Crippen LogP contribution is 2.20. The van der Waals surface area contributed by atoms with Crippen LogP contribution in [0, 0.1) is 5.82 Å². The highest BCUT2D eigenvalue weighted by atomic mass is 19.1. The van der Waals surface area contributed by atoms with Gasteiger partial charge in [0.05, 0.1) is 7.11 Å². The number of ether oxygens (including phenoxy) is 1. The van der Waals surface area contributed by atoms with Gasteiger partial charge in [0.2, 0.25) is 11.8 Å². The van der Waals surface area contributed by atoms with E-state index in [0.29, 0.717) is 17.5 Å². The maximum Gasteiger partial charge on any atom is 0.232 e. The Balaban J connectivity index is 2.28. The zero-order chi connectivity index (χ0) is 13.8. The second-order valence-electron chi connectivity index (χ2n) is 4.12. The summed E-state index contributed by atoms with van der Waals surface area (Å²) in [7, 11) is 5.30. The van der Waals surface area contributed by atoms with Crippen molar-refractivity contribution >= 4 is 17.5 Å². The number of nitrogens with one attached hydrogen (secondary N) is 1. The normalized spacial score (nSPS) is 10.1. The van der Waals surface area contributed by atoms with Crippen LogP contribution >= 0.6 is 0 Å². The van der Waals surface area contributed by atoms with Gasteiger partial charge in [0.25, 0.3) is 0 Å². The highest BCUT2D eigenvalue weighted by Gasteiger charge is 2.07. The molecule has 0 saturated heterocycles. The number of benzene rings is 1. The van der Waals surface area contributed by atoms with Gasteiger partial charge in [-0.05, 0) is 24.3 Å². The summed E-state index contributed by atoms with van der Waals surface area (Å²) in [5, 5.41) is 3.01. The van der Waals surface area contributed by atoms with Crippen molar-refractivity contribution in [2.75, 3.05) is 31.4 Å². The molecule has 0 bridgehead atoms. The molecule has 1 aromatic heterocycles. The number of halogens is 1. The number of aromatic nitrogens is 2. The van der Waals surface area contributed by atoms with Gasteiger partial charge in [0.15, 0.2) is 0 Å². The van der Waals surface area contributed by atoms with Gasteiger partial charge < -0.3 is 15.0 Å². The minimum atomic E-state index is -0.286. The number of methoxy groups -OCH3 is 1. The molecule has 0 spiro atoms. The van der Waals surface area contributed by atoms with Crippen LogP contribution in [0.4, 0.5) is 21.8 Å². The van der Waals surface area contributed by atoms with E-state index in [1.165, 1.54) is 12.1 Å². The van der Waals surface area contributed by atoms with Crippen LogP contribution in [0.1, 0.15) is 0 Å². The summed E-state index contributed by atoms with van der Waals surface area (Å²) < 4.78 is 18.0. The Hall–Kier alpha value is -2.37. The largest absolute Gasteiger partial charge is 0.481 e. The van der Waals surface area contributed by atoms with Crippen LogP contribution in [-0.2, 0) is 0 Å². The molecular formula is C13H15FN4O. The highest BCUT2D eigenvalue weighted by molar-refractivity contribution is 5.56. The van der Waals surface area contributed by atoms with E-state index < -0.39 is 0 Å². The molecule has 100 valence electrons. The van der Waals surface area contributed by atoms with Gasteiger partial charge in [-0.25, -0.2) is 4.39 Å². The molecule has 1 heterocycles. The van der Waals surface area contributed by atoms with E-state index in [9.17, 15) is 4.39 Å². The SMILES string of the molecule is COc1cc(N(C)C)nc(Nc2ccc(F)cc2)n1. The van der Waals surface area contributed by atoms with Crippen LogP contribution in [0.3, 0.4) is 0 Å². The van der Waals surface area contributed by atoms with Crippen molar-refractivity contribution in [1.82, 2.24) is 9.97 Å². The van der Waals surface area contributed by atoms with Crippen LogP contribution in [0.2, 0.25) is 0 Å². The van der Waals surface area contributed by atoms with Crippen molar-refractivity contribution in [3.8, 4) is 5.88 Å². The third-order valence-electron chi connectivity index (χ3n) is 2.46. The Morgan fingerprint density at radius 3 is 2.42 bits per heavy atom. The van der Waals surface area contributed by atoms with E-state index >= 15 is 0 Å². The molecule has 0 radical (unpaired) electrons. The molecule has 0 unspecified atom stereocenters. The first-order valence-corrected chi connectivity index (χ1v) is 5.71. The number of nitrogens with zero attached hydrogens (tertiary/aromatic N) is 3. The molecule has 0 fully saturated rings. The van der Waals surface area contributed by atoms with Crippen molar-refractivity contribution < 1.29 is 9.13 Å². The molecule has 2 aromatic rings. The average Bonchev–Trinajstić information content (AvgIpc) is 2.41. The minimum Gasteiger partial charge on any atom is -0.481 e. The Morgan fingerprint density at radius 2 is 1.84 bits per heavy atom. The van der Waals surface area contributed by atoms with Crippen LogP contribution in [-0.4, -0.2) is 31.2 Å². The standard InChI is InChI=1S/C13H15FN4O/c1-18(2)11-8-12(19-3)17-13(16-11)15-10-6-4-9(14)5-7-10/h4-8H,1-3H3,(H,15,16,17). The number of rotatable bonds is 4. The monoisotopic (exact) mass is 262 g/mol. The lowest BCUT2D eigenvalue weighted by Gasteiger charge is -2.14. The maximum absolute atomic E-state index is 12.8. The first kappa shape index (κ1) is 13.1. The van der Waals surface area contributed by atoms with Crippen molar-refractivity contribution in [2.24, 2.45) is 0 Å². The molecule has 19 heavy (non-hydrogen) atoms. The van der Waals surface area contributed by atoms with E-state index in [1.54, 1.807) is 25.3 Å². The quantitative estimate of drug-likeness (QED) is 0.917. The molecule has 0 aliphatic carbocycles. The molecule has 1 aromatic carbocycles. The Morgan fingerprint density at radius 1 is 1.16 bits per heavy atom. The molecule has 0 amide bonds. The summed E-state index contributed by atoms with van der Waals surface area (Å²) in [5.74, 6) is 1.29. The summed E-state index contributed by atoms with van der Waals surface area (Å²) >= 11 is 0. The average molecular weight is 262 g/mol. The van der Waals surface area contributed by atoms with Crippen molar-refractivity contribution in [1.29, 1.82) is 0 Å². The molecule has 5 nitrogen and oxygen atoms in total. The lowest BCUT2D eigenvalue weighted by molar-refractivity contribution is 0.397. The lowest BCUT2D eigenvalue weighted by Crippen LogP contribution is -2.12. The first-order valence-electron chi connectivity index (χ1n) is 5.71. The van der Waals surface area contributed by atoms with Gasteiger partial charge in [0, 0.05) is 25.8 Å². The first-order chi connectivity index (χ1) is 9.08. The summed E-state index contributed by atoms with van der Waals surface area (Å²) in [5.41, 5.74) is 0.708. The summed E-state index contributed by atoms with van der Waals surface area (Å²) in [4.78, 5) is 10.4. The predicted molar refractivity (Wildman–Crippen MR) is 72.6 cm³/mol. The van der Waals surface area contributed by atoms with E-state index in [1.807, 2.05) is 19.0 Å². The molecular weight excluding hydrogens is 247 g/mol. The molecule has 0 atom stereocenters. The molecule has 0 aliphatic rings. The summed E-state index contributed by atoms with van der Waals surface area (Å²) in [6, 6.07) is 7.71. The maximum atomic E-state index is 12.8. The molecule has 2 rings (SSSR count). The van der Waals surface area contributed by atoms with Crippen LogP contribution in [0.25, 0.3) is 0 Å². The smallest absolute Gasteiger partial charge is 0.232 e. The van der Waals surface area contributed by atoms with E-state index in [0.717, 1.165) is 5.82 Å². The number of anilines is 3. The lowest BCUT2D eigenvalue weighted by atomic mass is 10.3. The van der Waals surface area contributed by atoms with E-state index in [4.69, 9.17) is 4.74 Å². The van der Waals surface area contributed by atoms with Gasteiger partial charge in [-0.1, -0.05) is 0 Å². The minimum absolute atomic E-state index is 0.286. The van der Waals surface area contributed by atoms with Crippen LogP contribution in [0.5, 0.6) is 5.88 Å². The third kappa shape index (κ3) is 3.31. The summed E-state index contributed by atoms with van der Waals surface area (Å²) in [6.07, 6.45) is 0. The van der Waals surface area contributed by atoms with Gasteiger partial charge >= 0.3 is 0 Å². The zero-order valence-electron chi connectivity index (χ0n) is 11.0. The molecule has 1 N–H and O–H groups in total.